The molecule has 0 spiro atoms. The predicted molar refractivity (Wildman–Crippen MR) is 80.1 cm³/mol. The Kier molecular flexibility index (Phi) is 5.16. The zero-order valence-corrected chi connectivity index (χ0v) is 12.0. The largest absolute Gasteiger partial charge is 0.497 e. The first-order chi connectivity index (χ1) is 10.6. The SMILES string of the molecule is COc1ccc(NC(=O)COc2c[nH]c(CO)cc2=O)cc1. The molecule has 22 heavy (non-hydrogen) atoms. The number of rotatable bonds is 6. The van der Waals surface area contributed by atoms with Crippen molar-refractivity contribution in [1.29, 1.82) is 0 Å². The number of nitrogens with one attached hydrogen (secondary N) is 2. The Morgan fingerprint density at radius 1 is 1.32 bits per heavy atom. The van der Waals surface area contributed by atoms with Gasteiger partial charge in [0, 0.05) is 23.6 Å². The number of pyridine rings is 1. The maximum atomic E-state index is 11.8. The maximum absolute atomic E-state index is 11.8. The van der Waals surface area contributed by atoms with Crippen molar-refractivity contribution in [2.24, 2.45) is 0 Å². The van der Waals surface area contributed by atoms with Crippen molar-refractivity contribution >= 4 is 11.6 Å². The second-order valence-corrected chi connectivity index (χ2v) is 4.41. The molecule has 2 aromatic rings. The number of aromatic nitrogens is 1. The number of carbonyl (C=O) groups is 1. The molecule has 7 nitrogen and oxygen atoms in total. The number of anilines is 1. The summed E-state index contributed by atoms with van der Waals surface area (Å²) in [6.07, 6.45) is 1.31. The molecule has 2 rings (SSSR count). The second kappa shape index (κ2) is 7.28. The van der Waals surface area contributed by atoms with Gasteiger partial charge in [-0.15, -0.1) is 0 Å². The van der Waals surface area contributed by atoms with Crippen LogP contribution in [0.2, 0.25) is 0 Å². The molecule has 0 radical (unpaired) electrons. The van der Waals surface area contributed by atoms with E-state index in [2.05, 4.69) is 10.3 Å². The Labute approximate surface area is 126 Å². The van der Waals surface area contributed by atoms with Crippen molar-refractivity contribution in [3.63, 3.8) is 0 Å². The van der Waals surface area contributed by atoms with E-state index in [9.17, 15) is 9.59 Å². The summed E-state index contributed by atoms with van der Waals surface area (Å²) < 4.78 is 10.2. The number of H-pyrrole nitrogens is 1. The molecule has 0 fully saturated rings. The molecule has 0 bridgehead atoms. The lowest BCUT2D eigenvalue weighted by molar-refractivity contribution is -0.118. The van der Waals surface area contributed by atoms with E-state index in [1.807, 2.05) is 0 Å². The highest BCUT2D eigenvalue weighted by molar-refractivity contribution is 5.91. The van der Waals surface area contributed by atoms with E-state index in [-0.39, 0.29) is 19.0 Å². The van der Waals surface area contributed by atoms with E-state index in [1.165, 1.54) is 12.3 Å². The Morgan fingerprint density at radius 3 is 2.64 bits per heavy atom. The number of ether oxygens (including phenoxy) is 2. The van der Waals surface area contributed by atoms with E-state index in [1.54, 1.807) is 31.4 Å². The van der Waals surface area contributed by atoms with E-state index in [0.29, 0.717) is 17.1 Å². The second-order valence-electron chi connectivity index (χ2n) is 4.41. The molecule has 0 saturated heterocycles. The Morgan fingerprint density at radius 2 is 2.05 bits per heavy atom. The average molecular weight is 304 g/mol. The molecule has 1 amide bonds. The van der Waals surface area contributed by atoms with E-state index in [0.717, 1.165) is 0 Å². The third-order valence-corrected chi connectivity index (χ3v) is 2.84. The number of amides is 1. The van der Waals surface area contributed by atoms with Crippen LogP contribution in [0.25, 0.3) is 0 Å². The zero-order valence-electron chi connectivity index (χ0n) is 12.0. The van der Waals surface area contributed by atoms with Crippen LogP contribution in [-0.4, -0.2) is 29.7 Å². The minimum Gasteiger partial charge on any atom is -0.497 e. The lowest BCUT2D eigenvalue weighted by Gasteiger charge is -2.08. The van der Waals surface area contributed by atoms with Crippen molar-refractivity contribution in [3.05, 3.63) is 52.4 Å². The molecule has 116 valence electrons. The van der Waals surface area contributed by atoms with E-state index < -0.39 is 11.3 Å². The van der Waals surface area contributed by atoms with Gasteiger partial charge in [-0.3, -0.25) is 9.59 Å². The molecule has 1 aromatic heterocycles. The summed E-state index contributed by atoms with van der Waals surface area (Å²) in [4.78, 5) is 26.1. The van der Waals surface area contributed by atoms with Crippen LogP contribution < -0.4 is 20.2 Å². The molecule has 1 aromatic carbocycles. The van der Waals surface area contributed by atoms with Crippen LogP contribution in [-0.2, 0) is 11.4 Å². The number of aliphatic hydroxyl groups is 1. The van der Waals surface area contributed by atoms with Gasteiger partial charge in [0.1, 0.15) is 5.75 Å². The highest BCUT2D eigenvalue weighted by Crippen LogP contribution is 2.14. The third-order valence-electron chi connectivity index (χ3n) is 2.84. The smallest absolute Gasteiger partial charge is 0.262 e. The first kappa shape index (κ1) is 15.6. The molecular weight excluding hydrogens is 288 g/mol. The van der Waals surface area contributed by atoms with Crippen molar-refractivity contribution in [3.8, 4) is 11.5 Å². The van der Waals surface area contributed by atoms with Crippen LogP contribution in [0.1, 0.15) is 5.69 Å². The quantitative estimate of drug-likeness (QED) is 0.736. The van der Waals surface area contributed by atoms with Gasteiger partial charge < -0.3 is 24.9 Å². The number of methoxy groups -OCH3 is 1. The van der Waals surface area contributed by atoms with Gasteiger partial charge in [0.15, 0.2) is 12.4 Å². The average Bonchev–Trinajstić information content (AvgIpc) is 2.54. The summed E-state index contributed by atoms with van der Waals surface area (Å²) in [6, 6.07) is 8.04. The van der Waals surface area contributed by atoms with Crippen LogP contribution in [0.15, 0.2) is 41.3 Å². The standard InChI is InChI=1S/C15H16N2O5/c1-21-12-4-2-10(3-5-12)17-15(20)9-22-14-7-16-11(8-18)6-13(14)19/h2-7,18H,8-9H2,1H3,(H,16,19)(H,17,20). The molecule has 0 atom stereocenters. The van der Waals surface area contributed by atoms with E-state index >= 15 is 0 Å². The minimum absolute atomic E-state index is 0.0158. The Bertz CT molecular complexity index is 694. The van der Waals surface area contributed by atoms with Crippen molar-refractivity contribution in [1.82, 2.24) is 4.98 Å². The van der Waals surface area contributed by atoms with Gasteiger partial charge in [-0.05, 0) is 24.3 Å². The highest BCUT2D eigenvalue weighted by Gasteiger charge is 2.07. The van der Waals surface area contributed by atoms with E-state index in [4.69, 9.17) is 14.6 Å². The molecule has 0 aliphatic rings. The number of hydrogen-bond donors (Lipinski definition) is 3. The molecule has 3 N–H and O–H groups in total. The summed E-state index contributed by atoms with van der Waals surface area (Å²) >= 11 is 0. The van der Waals surface area contributed by atoms with Crippen LogP contribution in [0, 0.1) is 0 Å². The molecule has 7 heteroatoms. The van der Waals surface area contributed by atoms with Gasteiger partial charge in [0.05, 0.1) is 13.7 Å². The fourth-order valence-electron chi connectivity index (χ4n) is 1.72. The Balaban J connectivity index is 1.90. The summed E-state index contributed by atoms with van der Waals surface area (Å²) in [6.45, 7) is -0.568. The number of carbonyl (C=O) groups excluding carboxylic acids is 1. The lowest BCUT2D eigenvalue weighted by atomic mass is 10.3. The number of hydrogen-bond acceptors (Lipinski definition) is 5. The molecule has 1 heterocycles. The predicted octanol–water partition coefficient (Wildman–Crippen LogP) is 0.893. The van der Waals surface area contributed by atoms with Gasteiger partial charge in [-0.1, -0.05) is 0 Å². The summed E-state index contributed by atoms with van der Waals surface area (Å²) in [5, 5.41) is 11.5. The number of aliphatic hydroxyl groups excluding tert-OH is 1. The maximum Gasteiger partial charge on any atom is 0.262 e. The van der Waals surface area contributed by atoms with Crippen LogP contribution >= 0.6 is 0 Å². The summed E-state index contributed by atoms with van der Waals surface area (Å²) in [7, 11) is 1.56. The summed E-state index contributed by atoms with van der Waals surface area (Å²) in [5.41, 5.74) is 0.569. The normalized spacial score (nSPS) is 10.1. The Hall–Kier alpha value is -2.80. The fraction of sp³-hybridized carbons (Fsp3) is 0.200. The van der Waals surface area contributed by atoms with Gasteiger partial charge in [-0.25, -0.2) is 0 Å². The molecule has 0 unspecified atom stereocenters. The van der Waals surface area contributed by atoms with Gasteiger partial charge in [0.25, 0.3) is 5.91 Å². The third kappa shape index (κ3) is 4.10. The topological polar surface area (TPSA) is 101 Å². The van der Waals surface area contributed by atoms with Crippen molar-refractivity contribution in [2.45, 2.75) is 6.61 Å². The lowest BCUT2D eigenvalue weighted by Crippen LogP contribution is -2.22. The monoisotopic (exact) mass is 304 g/mol. The fourth-order valence-corrected chi connectivity index (χ4v) is 1.72. The number of benzene rings is 1. The van der Waals surface area contributed by atoms with Crippen molar-refractivity contribution < 1.29 is 19.4 Å². The van der Waals surface area contributed by atoms with Gasteiger partial charge in [0.2, 0.25) is 5.43 Å². The zero-order chi connectivity index (χ0) is 15.9. The number of aromatic amines is 1. The van der Waals surface area contributed by atoms with Crippen LogP contribution in [0.4, 0.5) is 5.69 Å². The molecular formula is C15H16N2O5. The van der Waals surface area contributed by atoms with Gasteiger partial charge in [-0.2, -0.15) is 0 Å². The first-order valence-corrected chi connectivity index (χ1v) is 6.51. The summed E-state index contributed by atoms with van der Waals surface area (Å²) in [5.74, 6) is 0.308. The van der Waals surface area contributed by atoms with Crippen LogP contribution in [0.5, 0.6) is 11.5 Å². The highest BCUT2D eigenvalue weighted by atomic mass is 16.5. The van der Waals surface area contributed by atoms with Crippen LogP contribution in [0.3, 0.4) is 0 Å². The minimum atomic E-state index is -0.403. The molecule has 0 saturated carbocycles. The van der Waals surface area contributed by atoms with Gasteiger partial charge >= 0.3 is 0 Å². The van der Waals surface area contributed by atoms with Crippen molar-refractivity contribution in [2.75, 3.05) is 19.0 Å². The molecule has 0 aliphatic heterocycles. The molecule has 0 aliphatic carbocycles. The first-order valence-electron chi connectivity index (χ1n) is 6.51.